The maximum Gasteiger partial charge on any atom is 0.305 e. The van der Waals surface area contributed by atoms with Crippen molar-refractivity contribution in [2.24, 2.45) is 0 Å². The molecule has 2 unspecified atom stereocenters. The Hall–Kier alpha value is -1.92. The van der Waals surface area contributed by atoms with Crippen LogP contribution in [0, 0.1) is 0 Å². The molecule has 0 aromatic carbocycles. The smallest absolute Gasteiger partial charge is 0.305 e. The van der Waals surface area contributed by atoms with Gasteiger partial charge in [0.05, 0.1) is 25.4 Å². The highest BCUT2D eigenvalue weighted by atomic mass is 16.5. The molecule has 0 heterocycles. The molecule has 6 nitrogen and oxygen atoms in total. The number of carbonyl (C=O) groups excluding carboxylic acids is 2. The molecular weight excluding hydrogens is 911 g/mol. The molecule has 3 N–H and O–H groups in total. The molecule has 0 aliphatic heterocycles. The van der Waals surface area contributed by atoms with Gasteiger partial charge in [0.1, 0.15) is 0 Å². The lowest BCUT2D eigenvalue weighted by atomic mass is 10.0. The Balaban J connectivity index is 3.45. The summed E-state index contributed by atoms with van der Waals surface area (Å²) in [6.07, 6.45) is 80.5. The van der Waals surface area contributed by atoms with E-state index >= 15 is 0 Å². The summed E-state index contributed by atoms with van der Waals surface area (Å²) < 4.78 is 5.49. The standard InChI is InChI=1S/C68H129NO5/c1-3-5-7-9-11-13-15-17-19-21-23-24-25-26-27-28-32-36-40-44-48-52-56-60-66(71)65(64-70)69-67(72)61-57-53-49-45-41-37-33-30-31-35-39-43-47-51-55-59-63-74-68(73)62-58-54-50-46-42-38-34-29-22-20-18-16-14-12-10-8-6-4-2/h14,16,20,22,56,60,65-66,70-71H,3-13,15,17-19,21,23-55,57-59,61-64H2,1-2H3,(H,69,72)/b16-14-,22-20-,60-56+. The van der Waals surface area contributed by atoms with Crippen LogP contribution >= 0.6 is 0 Å². The van der Waals surface area contributed by atoms with Crippen molar-refractivity contribution in [1.82, 2.24) is 5.32 Å². The number of allylic oxidation sites excluding steroid dienone is 5. The minimum atomic E-state index is -0.851. The lowest BCUT2D eigenvalue weighted by Gasteiger charge is -2.20. The van der Waals surface area contributed by atoms with Crippen molar-refractivity contribution in [2.45, 2.75) is 373 Å². The largest absolute Gasteiger partial charge is 0.466 e. The molecule has 0 aliphatic carbocycles. The number of rotatable bonds is 62. The lowest BCUT2D eigenvalue weighted by molar-refractivity contribution is -0.143. The van der Waals surface area contributed by atoms with Gasteiger partial charge in [0.25, 0.3) is 0 Å². The highest BCUT2D eigenvalue weighted by Crippen LogP contribution is 2.18. The van der Waals surface area contributed by atoms with Gasteiger partial charge < -0.3 is 20.3 Å². The monoisotopic (exact) mass is 1040 g/mol. The number of unbranched alkanes of at least 4 members (excludes halogenated alkanes) is 47. The molecule has 74 heavy (non-hydrogen) atoms. The fourth-order valence-corrected chi connectivity index (χ4v) is 10.3. The molecule has 0 rings (SSSR count). The van der Waals surface area contributed by atoms with Gasteiger partial charge in [0, 0.05) is 12.8 Å². The summed E-state index contributed by atoms with van der Waals surface area (Å²) in [7, 11) is 0. The minimum absolute atomic E-state index is 0.00450. The molecule has 1 amide bonds. The zero-order chi connectivity index (χ0) is 53.6. The van der Waals surface area contributed by atoms with E-state index in [2.05, 4.69) is 43.5 Å². The third-order valence-corrected chi connectivity index (χ3v) is 15.4. The molecule has 436 valence electrons. The fraction of sp³-hybridized carbons (Fsp3) is 0.882. The lowest BCUT2D eigenvalue weighted by Crippen LogP contribution is -2.45. The zero-order valence-corrected chi connectivity index (χ0v) is 49.8. The van der Waals surface area contributed by atoms with Crippen molar-refractivity contribution < 1.29 is 24.5 Å². The molecular formula is C68H129NO5. The summed E-state index contributed by atoms with van der Waals surface area (Å²) in [6, 6.07) is -0.635. The van der Waals surface area contributed by atoms with E-state index in [9.17, 15) is 19.8 Å². The van der Waals surface area contributed by atoms with Crippen molar-refractivity contribution in [3.63, 3.8) is 0 Å². The highest BCUT2D eigenvalue weighted by Gasteiger charge is 2.18. The van der Waals surface area contributed by atoms with Crippen LogP contribution in [-0.4, -0.2) is 47.4 Å². The molecule has 0 fully saturated rings. The van der Waals surface area contributed by atoms with E-state index in [1.807, 2.05) is 6.08 Å². The Labute approximate surface area is 462 Å². The molecule has 2 atom stereocenters. The second-order valence-corrected chi connectivity index (χ2v) is 22.8. The van der Waals surface area contributed by atoms with E-state index in [1.165, 1.54) is 283 Å². The summed E-state index contributed by atoms with van der Waals surface area (Å²) in [5, 5.41) is 23.2. The van der Waals surface area contributed by atoms with Crippen LogP contribution in [0.1, 0.15) is 361 Å². The molecule has 0 saturated carbocycles. The van der Waals surface area contributed by atoms with Gasteiger partial charge in [-0.25, -0.2) is 0 Å². The second-order valence-electron chi connectivity index (χ2n) is 22.8. The molecule has 0 aliphatic rings. The molecule has 0 spiro atoms. The van der Waals surface area contributed by atoms with E-state index in [0.717, 1.165) is 51.4 Å². The van der Waals surface area contributed by atoms with Gasteiger partial charge in [0.15, 0.2) is 0 Å². The van der Waals surface area contributed by atoms with Gasteiger partial charge in [-0.05, 0) is 64.2 Å². The topological polar surface area (TPSA) is 95.9 Å². The number of amides is 1. The maximum atomic E-state index is 12.5. The third-order valence-electron chi connectivity index (χ3n) is 15.4. The van der Waals surface area contributed by atoms with Gasteiger partial charge in [-0.1, -0.05) is 320 Å². The van der Waals surface area contributed by atoms with E-state index in [0.29, 0.717) is 19.4 Å². The van der Waals surface area contributed by atoms with Crippen LogP contribution in [0.5, 0.6) is 0 Å². The van der Waals surface area contributed by atoms with Crippen LogP contribution in [0.25, 0.3) is 0 Å². The summed E-state index contributed by atoms with van der Waals surface area (Å²) >= 11 is 0. The van der Waals surface area contributed by atoms with E-state index in [-0.39, 0.29) is 18.5 Å². The van der Waals surface area contributed by atoms with Gasteiger partial charge >= 0.3 is 5.97 Å². The van der Waals surface area contributed by atoms with Crippen molar-refractivity contribution in [3.8, 4) is 0 Å². The summed E-state index contributed by atoms with van der Waals surface area (Å²) in [5.41, 5.74) is 0. The van der Waals surface area contributed by atoms with Crippen molar-refractivity contribution in [2.75, 3.05) is 13.2 Å². The highest BCUT2D eigenvalue weighted by molar-refractivity contribution is 5.76. The summed E-state index contributed by atoms with van der Waals surface area (Å²) in [5.74, 6) is -0.0762. The van der Waals surface area contributed by atoms with Crippen molar-refractivity contribution in [1.29, 1.82) is 0 Å². The van der Waals surface area contributed by atoms with Gasteiger partial charge in [-0.2, -0.15) is 0 Å². The number of nitrogens with one attached hydrogen (secondary N) is 1. The van der Waals surface area contributed by atoms with Crippen LogP contribution < -0.4 is 5.32 Å². The van der Waals surface area contributed by atoms with Crippen LogP contribution in [0.15, 0.2) is 36.5 Å². The van der Waals surface area contributed by atoms with E-state index in [4.69, 9.17) is 4.74 Å². The minimum Gasteiger partial charge on any atom is -0.466 e. The number of hydrogen-bond donors (Lipinski definition) is 3. The number of esters is 1. The first kappa shape index (κ1) is 72.1. The second kappa shape index (κ2) is 63.6. The maximum absolute atomic E-state index is 12.5. The number of ether oxygens (including phenoxy) is 1. The Kier molecular flexibility index (Phi) is 62.0. The first-order valence-electron chi connectivity index (χ1n) is 33.3. The molecule has 6 heteroatoms. The predicted octanol–water partition coefficient (Wildman–Crippen LogP) is 21.1. The average molecular weight is 1040 g/mol. The quantitative estimate of drug-likeness (QED) is 0.0320. The van der Waals surface area contributed by atoms with Gasteiger partial charge in [-0.15, -0.1) is 0 Å². The first-order chi connectivity index (χ1) is 36.5. The third kappa shape index (κ3) is 59.3. The molecule has 0 aromatic heterocycles. The van der Waals surface area contributed by atoms with E-state index < -0.39 is 12.1 Å². The zero-order valence-electron chi connectivity index (χ0n) is 49.8. The Bertz CT molecular complexity index is 1200. The molecule has 0 aromatic rings. The number of hydrogen-bond acceptors (Lipinski definition) is 5. The van der Waals surface area contributed by atoms with Gasteiger partial charge in [-0.3, -0.25) is 9.59 Å². The summed E-state index contributed by atoms with van der Waals surface area (Å²) in [6.45, 7) is 4.90. The fourth-order valence-electron chi connectivity index (χ4n) is 10.3. The number of aliphatic hydroxyl groups is 2. The molecule has 0 radical (unpaired) electrons. The Morgan fingerprint density at radius 1 is 0.378 bits per heavy atom. The SMILES string of the molecule is CCCCCC/C=C\C/C=C\CCCCCCCCCC(=O)OCCCCCCCCCCCCCCCCCCC(=O)NC(CO)C(O)/C=C/CCCCCCCCCCCCCCCCCCCCCCC. The van der Waals surface area contributed by atoms with Crippen LogP contribution in [0.3, 0.4) is 0 Å². The van der Waals surface area contributed by atoms with Crippen molar-refractivity contribution >= 4 is 11.9 Å². The van der Waals surface area contributed by atoms with Crippen molar-refractivity contribution in [3.05, 3.63) is 36.5 Å². The average Bonchev–Trinajstić information content (AvgIpc) is 3.40. The first-order valence-corrected chi connectivity index (χ1v) is 33.3. The number of aliphatic hydroxyl groups excluding tert-OH is 2. The molecule has 0 bridgehead atoms. The van der Waals surface area contributed by atoms with E-state index in [1.54, 1.807) is 6.08 Å². The normalized spacial score (nSPS) is 12.8. The van der Waals surface area contributed by atoms with Crippen LogP contribution in [0.2, 0.25) is 0 Å². The van der Waals surface area contributed by atoms with Crippen LogP contribution in [-0.2, 0) is 14.3 Å². The number of carbonyl (C=O) groups is 2. The predicted molar refractivity (Wildman–Crippen MR) is 324 cm³/mol. The molecule has 0 saturated heterocycles. The van der Waals surface area contributed by atoms with Gasteiger partial charge in [0.2, 0.25) is 5.91 Å². The summed E-state index contributed by atoms with van der Waals surface area (Å²) in [4.78, 5) is 24.6. The Morgan fingerprint density at radius 3 is 1.04 bits per heavy atom. The Morgan fingerprint density at radius 2 is 0.676 bits per heavy atom. The van der Waals surface area contributed by atoms with Crippen LogP contribution in [0.4, 0.5) is 0 Å².